The third-order valence-corrected chi connectivity index (χ3v) is 4.25. The maximum absolute atomic E-state index is 12.7. The van der Waals surface area contributed by atoms with Gasteiger partial charge in [-0.15, -0.1) is 12.4 Å². The molecule has 0 aliphatic carbocycles. The Kier molecular flexibility index (Phi) is 8.91. The molecule has 1 heterocycles. The van der Waals surface area contributed by atoms with Crippen LogP contribution in [0.3, 0.4) is 0 Å². The van der Waals surface area contributed by atoms with E-state index in [4.69, 9.17) is 14.2 Å². The molecule has 1 amide bonds. The number of carbonyl (C=O) groups excluding carboxylic acids is 1. The Morgan fingerprint density at radius 1 is 0.964 bits per heavy atom. The second kappa shape index (κ2) is 11.4. The SMILES string of the molecule is CCOc1cc(C(=O)N2CCNCC2)ccc1OCCOc1ccccc1.Cl. The van der Waals surface area contributed by atoms with Crippen LogP contribution in [0.2, 0.25) is 0 Å². The van der Waals surface area contributed by atoms with Gasteiger partial charge in [0.15, 0.2) is 11.5 Å². The van der Waals surface area contributed by atoms with Crippen LogP contribution >= 0.6 is 12.4 Å². The lowest BCUT2D eigenvalue weighted by Gasteiger charge is -2.27. The number of hydrogen-bond acceptors (Lipinski definition) is 5. The number of hydrogen-bond donors (Lipinski definition) is 1. The van der Waals surface area contributed by atoms with Gasteiger partial charge in [-0.2, -0.15) is 0 Å². The number of nitrogens with zero attached hydrogens (tertiary/aromatic N) is 1. The van der Waals surface area contributed by atoms with Gasteiger partial charge in [-0.05, 0) is 37.3 Å². The van der Waals surface area contributed by atoms with Gasteiger partial charge in [-0.1, -0.05) is 18.2 Å². The topological polar surface area (TPSA) is 60.0 Å². The molecule has 6 nitrogen and oxygen atoms in total. The summed E-state index contributed by atoms with van der Waals surface area (Å²) in [4.78, 5) is 14.5. The van der Waals surface area contributed by atoms with E-state index in [1.807, 2.05) is 42.2 Å². The fourth-order valence-corrected chi connectivity index (χ4v) is 2.91. The lowest BCUT2D eigenvalue weighted by atomic mass is 10.1. The minimum atomic E-state index is 0. The molecule has 1 fully saturated rings. The Balaban J connectivity index is 0.00000280. The molecular formula is C21H27ClN2O4. The van der Waals surface area contributed by atoms with Crippen LogP contribution in [0, 0.1) is 0 Å². The number of ether oxygens (including phenoxy) is 3. The van der Waals surface area contributed by atoms with Gasteiger partial charge in [0.05, 0.1) is 6.61 Å². The van der Waals surface area contributed by atoms with Crippen molar-refractivity contribution in [2.45, 2.75) is 6.92 Å². The second-order valence-electron chi connectivity index (χ2n) is 6.15. The van der Waals surface area contributed by atoms with Crippen LogP contribution in [-0.4, -0.2) is 56.8 Å². The molecule has 0 aromatic heterocycles. The molecule has 2 aromatic carbocycles. The van der Waals surface area contributed by atoms with E-state index < -0.39 is 0 Å². The van der Waals surface area contributed by atoms with Crippen molar-refractivity contribution in [2.75, 3.05) is 46.0 Å². The van der Waals surface area contributed by atoms with Crippen LogP contribution in [0.1, 0.15) is 17.3 Å². The molecule has 28 heavy (non-hydrogen) atoms. The van der Waals surface area contributed by atoms with Crippen LogP contribution < -0.4 is 19.5 Å². The monoisotopic (exact) mass is 406 g/mol. The molecule has 1 aliphatic rings. The molecule has 0 spiro atoms. The van der Waals surface area contributed by atoms with E-state index >= 15 is 0 Å². The van der Waals surface area contributed by atoms with E-state index in [2.05, 4.69) is 5.32 Å². The zero-order chi connectivity index (χ0) is 18.9. The van der Waals surface area contributed by atoms with Gasteiger partial charge in [-0.25, -0.2) is 0 Å². The van der Waals surface area contributed by atoms with E-state index in [1.165, 1.54) is 0 Å². The van der Waals surface area contributed by atoms with Crippen LogP contribution in [0.4, 0.5) is 0 Å². The van der Waals surface area contributed by atoms with Crippen molar-refractivity contribution >= 4 is 18.3 Å². The van der Waals surface area contributed by atoms with Crippen molar-refractivity contribution < 1.29 is 19.0 Å². The van der Waals surface area contributed by atoms with Crippen molar-refractivity contribution in [3.63, 3.8) is 0 Å². The summed E-state index contributed by atoms with van der Waals surface area (Å²) in [5.74, 6) is 2.03. The van der Waals surface area contributed by atoms with Crippen molar-refractivity contribution in [1.82, 2.24) is 10.2 Å². The molecule has 152 valence electrons. The number of carbonyl (C=O) groups is 1. The van der Waals surface area contributed by atoms with Crippen LogP contribution in [0.25, 0.3) is 0 Å². The van der Waals surface area contributed by atoms with E-state index in [1.54, 1.807) is 18.2 Å². The fraction of sp³-hybridized carbons (Fsp3) is 0.381. The molecule has 1 aliphatic heterocycles. The van der Waals surface area contributed by atoms with Gasteiger partial charge in [0, 0.05) is 31.7 Å². The Labute approximate surface area is 172 Å². The third-order valence-electron chi connectivity index (χ3n) is 4.25. The molecule has 3 rings (SSSR count). The first-order valence-corrected chi connectivity index (χ1v) is 9.35. The van der Waals surface area contributed by atoms with Crippen molar-refractivity contribution in [2.24, 2.45) is 0 Å². The first-order chi connectivity index (χ1) is 13.3. The number of benzene rings is 2. The number of nitrogens with one attached hydrogen (secondary N) is 1. The molecule has 0 atom stereocenters. The molecule has 0 bridgehead atoms. The molecule has 1 N–H and O–H groups in total. The highest BCUT2D eigenvalue weighted by atomic mass is 35.5. The highest BCUT2D eigenvalue weighted by molar-refractivity contribution is 5.95. The Morgan fingerprint density at radius 3 is 2.39 bits per heavy atom. The summed E-state index contributed by atoms with van der Waals surface area (Å²) in [6.45, 7) is 6.32. The normalized spacial score (nSPS) is 13.4. The van der Waals surface area contributed by atoms with Crippen molar-refractivity contribution in [1.29, 1.82) is 0 Å². The summed E-state index contributed by atoms with van der Waals surface area (Å²) in [6.07, 6.45) is 0. The van der Waals surface area contributed by atoms with Gasteiger partial charge < -0.3 is 24.4 Å². The predicted molar refractivity (Wildman–Crippen MR) is 111 cm³/mol. The summed E-state index contributed by atoms with van der Waals surface area (Å²) in [7, 11) is 0. The summed E-state index contributed by atoms with van der Waals surface area (Å²) >= 11 is 0. The molecule has 7 heteroatoms. The zero-order valence-electron chi connectivity index (χ0n) is 16.1. The van der Waals surface area contributed by atoms with E-state index in [0.29, 0.717) is 36.9 Å². The predicted octanol–water partition coefficient (Wildman–Crippen LogP) is 3.01. The summed E-state index contributed by atoms with van der Waals surface area (Å²) in [6, 6.07) is 15.0. The fourth-order valence-electron chi connectivity index (χ4n) is 2.91. The van der Waals surface area contributed by atoms with E-state index in [9.17, 15) is 4.79 Å². The average molecular weight is 407 g/mol. The highest BCUT2D eigenvalue weighted by Crippen LogP contribution is 2.29. The molecule has 0 saturated carbocycles. The standard InChI is InChI=1S/C21H26N2O4.ClH/c1-2-25-20-16-17(21(24)23-12-10-22-11-13-23)8-9-19(20)27-15-14-26-18-6-4-3-5-7-18;/h3-9,16,22H,2,10-15H2,1H3;1H. The number of rotatable bonds is 8. The minimum Gasteiger partial charge on any atom is -0.490 e. The summed E-state index contributed by atoms with van der Waals surface area (Å²) < 4.78 is 17.1. The van der Waals surface area contributed by atoms with Crippen LogP contribution in [0.15, 0.2) is 48.5 Å². The lowest BCUT2D eigenvalue weighted by molar-refractivity contribution is 0.0735. The van der Waals surface area contributed by atoms with Crippen LogP contribution in [-0.2, 0) is 0 Å². The molecule has 1 saturated heterocycles. The Hall–Kier alpha value is -2.44. The third kappa shape index (κ3) is 6.04. The Bertz CT molecular complexity index is 736. The van der Waals surface area contributed by atoms with Gasteiger partial charge in [0.25, 0.3) is 5.91 Å². The van der Waals surface area contributed by atoms with Gasteiger partial charge in [-0.3, -0.25) is 4.79 Å². The summed E-state index contributed by atoms with van der Waals surface area (Å²) in [5.41, 5.74) is 0.619. The maximum Gasteiger partial charge on any atom is 0.254 e. The number of piperazine rings is 1. The molecule has 0 radical (unpaired) electrons. The van der Waals surface area contributed by atoms with Crippen molar-refractivity contribution in [3.8, 4) is 17.2 Å². The van der Waals surface area contributed by atoms with Gasteiger partial charge in [0.2, 0.25) is 0 Å². The maximum atomic E-state index is 12.7. The number of halogens is 1. The molecular weight excluding hydrogens is 380 g/mol. The van der Waals surface area contributed by atoms with Gasteiger partial charge >= 0.3 is 0 Å². The lowest BCUT2D eigenvalue weighted by Crippen LogP contribution is -2.46. The number of amides is 1. The number of para-hydroxylation sites is 1. The van der Waals surface area contributed by atoms with E-state index in [0.717, 1.165) is 31.9 Å². The Morgan fingerprint density at radius 2 is 1.68 bits per heavy atom. The summed E-state index contributed by atoms with van der Waals surface area (Å²) in [5, 5.41) is 3.25. The average Bonchev–Trinajstić information content (AvgIpc) is 2.73. The first kappa shape index (κ1) is 21.9. The van der Waals surface area contributed by atoms with Crippen LogP contribution in [0.5, 0.6) is 17.2 Å². The zero-order valence-corrected chi connectivity index (χ0v) is 16.9. The second-order valence-corrected chi connectivity index (χ2v) is 6.15. The minimum absolute atomic E-state index is 0. The molecule has 0 unspecified atom stereocenters. The smallest absolute Gasteiger partial charge is 0.254 e. The van der Waals surface area contributed by atoms with Crippen molar-refractivity contribution in [3.05, 3.63) is 54.1 Å². The molecule has 2 aromatic rings. The highest BCUT2D eigenvalue weighted by Gasteiger charge is 2.19. The van der Waals surface area contributed by atoms with E-state index in [-0.39, 0.29) is 18.3 Å². The quantitative estimate of drug-likeness (QED) is 0.683. The van der Waals surface area contributed by atoms with Gasteiger partial charge in [0.1, 0.15) is 19.0 Å². The first-order valence-electron chi connectivity index (χ1n) is 9.35. The largest absolute Gasteiger partial charge is 0.490 e.